The summed E-state index contributed by atoms with van der Waals surface area (Å²) in [5.74, 6) is 0.0447. The molecule has 2 heterocycles. The maximum atomic E-state index is 13.9. The standard InChI is InChI=1S/C22H17FN2O5S/c23-14-5-7-18-17(11-14)16-3-1-2-4-21(16)31(27,28)25(18)13-22(26)24-15-6-8-19-20(12-15)30-10-9-29-19/h1-8,11-12H,9-10,13H2,(H,24,26). The molecule has 7 nitrogen and oxygen atoms in total. The van der Waals surface area contributed by atoms with Gasteiger partial charge in [-0.3, -0.25) is 9.10 Å². The molecule has 1 N–H and O–H groups in total. The molecule has 0 spiro atoms. The van der Waals surface area contributed by atoms with Crippen molar-refractivity contribution in [1.82, 2.24) is 0 Å². The summed E-state index contributed by atoms with van der Waals surface area (Å²) in [6.45, 7) is 0.389. The Hall–Kier alpha value is -3.59. The lowest BCUT2D eigenvalue weighted by molar-refractivity contribution is -0.114. The molecule has 31 heavy (non-hydrogen) atoms. The van der Waals surface area contributed by atoms with Crippen LogP contribution in [0.2, 0.25) is 0 Å². The fraction of sp³-hybridized carbons (Fsp3) is 0.136. The topological polar surface area (TPSA) is 84.9 Å². The minimum Gasteiger partial charge on any atom is -0.486 e. The van der Waals surface area contributed by atoms with Crippen LogP contribution in [0.4, 0.5) is 15.8 Å². The van der Waals surface area contributed by atoms with Gasteiger partial charge in [-0.25, -0.2) is 12.8 Å². The van der Waals surface area contributed by atoms with E-state index in [1.54, 1.807) is 36.4 Å². The normalized spacial score (nSPS) is 15.6. The summed E-state index contributed by atoms with van der Waals surface area (Å²) in [5, 5.41) is 2.69. The van der Waals surface area contributed by atoms with Crippen molar-refractivity contribution in [3.63, 3.8) is 0 Å². The SMILES string of the molecule is O=C(CN1c2ccc(F)cc2-c2ccccc2S1(=O)=O)Nc1ccc2c(c1)OCCO2. The Kier molecular flexibility index (Phi) is 4.55. The zero-order valence-corrected chi connectivity index (χ0v) is 17.0. The molecule has 0 atom stereocenters. The number of benzene rings is 3. The van der Waals surface area contributed by atoms with E-state index in [2.05, 4.69) is 5.32 Å². The van der Waals surface area contributed by atoms with E-state index < -0.39 is 28.3 Å². The van der Waals surface area contributed by atoms with Crippen molar-refractivity contribution >= 4 is 27.3 Å². The molecule has 0 bridgehead atoms. The number of sulfonamides is 1. The van der Waals surface area contributed by atoms with Gasteiger partial charge in [0.1, 0.15) is 25.6 Å². The number of anilines is 2. The Morgan fingerprint density at radius 3 is 2.58 bits per heavy atom. The predicted octanol–water partition coefficient (Wildman–Crippen LogP) is 3.41. The number of carbonyl (C=O) groups is 1. The zero-order valence-electron chi connectivity index (χ0n) is 16.2. The van der Waals surface area contributed by atoms with Crippen molar-refractivity contribution < 1.29 is 27.1 Å². The molecular weight excluding hydrogens is 423 g/mol. The quantitative estimate of drug-likeness (QED) is 0.675. The van der Waals surface area contributed by atoms with E-state index in [0.717, 1.165) is 4.31 Å². The van der Waals surface area contributed by atoms with E-state index in [1.165, 1.54) is 24.3 Å². The predicted molar refractivity (Wildman–Crippen MR) is 112 cm³/mol. The second-order valence-corrected chi connectivity index (χ2v) is 8.91. The molecule has 0 radical (unpaired) electrons. The first-order chi connectivity index (χ1) is 14.9. The van der Waals surface area contributed by atoms with Gasteiger partial charge in [0.05, 0.1) is 10.6 Å². The number of ether oxygens (including phenoxy) is 2. The minimum atomic E-state index is -4.01. The fourth-order valence-corrected chi connectivity index (χ4v) is 5.38. The lowest BCUT2D eigenvalue weighted by Gasteiger charge is -2.31. The first-order valence-electron chi connectivity index (χ1n) is 9.55. The van der Waals surface area contributed by atoms with Gasteiger partial charge in [-0.2, -0.15) is 0 Å². The Morgan fingerprint density at radius 1 is 0.968 bits per heavy atom. The third-order valence-electron chi connectivity index (χ3n) is 5.09. The average molecular weight is 440 g/mol. The molecule has 0 saturated carbocycles. The number of fused-ring (bicyclic) bond motifs is 4. The molecule has 2 aliphatic rings. The first kappa shape index (κ1) is 19.4. The van der Waals surface area contributed by atoms with Crippen LogP contribution in [0.5, 0.6) is 11.5 Å². The lowest BCUT2D eigenvalue weighted by Crippen LogP contribution is -2.40. The van der Waals surface area contributed by atoms with E-state index in [1.807, 2.05) is 0 Å². The molecule has 0 unspecified atom stereocenters. The van der Waals surface area contributed by atoms with Crippen molar-refractivity contribution in [1.29, 1.82) is 0 Å². The first-order valence-corrected chi connectivity index (χ1v) is 11.0. The third-order valence-corrected chi connectivity index (χ3v) is 6.90. The van der Waals surface area contributed by atoms with Crippen LogP contribution in [-0.2, 0) is 14.8 Å². The molecular formula is C22H17FN2O5S. The number of amides is 1. The highest BCUT2D eigenvalue weighted by Gasteiger charge is 2.36. The van der Waals surface area contributed by atoms with Gasteiger partial charge in [0.2, 0.25) is 5.91 Å². The van der Waals surface area contributed by atoms with E-state index in [9.17, 15) is 17.6 Å². The zero-order chi connectivity index (χ0) is 21.6. The molecule has 158 valence electrons. The molecule has 0 aliphatic carbocycles. The van der Waals surface area contributed by atoms with Gasteiger partial charge < -0.3 is 14.8 Å². The lowest BCUT2D eigenvalue weighted by atomic mass is 10.0. The molecule has 0 fully saturated rings. The van der Waals surface area contributed by atoms with Crippen molar-refractivity contribution in [2.24, 2.45) is 0 Å². The third kappa shape index (κ3) is 3.36. The fourth-order valence-electron chi connectivity index (χ4n) is 3.73. The van der Waals surface area contributed by atoms with E-state index in [0.29, 0.717) is 41.5 Å². The molecule has 2 aliphatic heterocycles. The van der Waals surface area contributed by atoms with Gasteiger partial charge in [0.15, 0.2) is 11.5 Å². The molecule has 0 saturated heterocycles. The van der Waals surface area contributed by atoms with Gasteiger partial charge in [-0.1, -0.05) is 18.2 Å². The number of carbonyl (C=O) groups excluding carboxylic acids is 1. The second kappa shape index (κ2) is 7.28. The number of hydrogen-bond donors (Lipinski definition) is 1. The summed E-state index contributed by atoms with van der Waals surface area (Å²) in [6.07, 6.45) is 0. The highest BCUT2D eigenvalue weighted by molar-refractivity contribution is 7.93. The van der Waals surface area contributed by atoms with Gasteiger partial charge in [-0.05, 0) is 36.4 Å². The van der Waals surface area contributed by atoms with Crippen molar-refractivity contribution in [2.75, 3.05) is 29.4 Å². The van der Waals surface area contributed by atoms with Gasteiger partial charge in [0, 0.05) is 22.9 Å². The minimum absolute atomic E-state index is 0.0280. The summed E-state index contributed by atoms with van der Waals surface area (Å²) in [5.41, 5.74) is 1.51. The number of hydrogen-bond acceptors (Lipinski definition) is 5. The Balaban J connectivity index is 1.47. The van der Waals surface area contributed by atoms with Gasteiger partial charge in [-0.15, -0.1) is 0 Å². The summed E-state index contributed by atoms with van der Waals surface area (Å²) >= 11 is 0. The van der Waals surface area contributed by atoms with E-state index in [-0.39, 0.29) is 10.6 Å². The van der Waals surface area contributed by atoms with Crippen LogP contribution in [0, 0.1) is 5.82 Å². The summed E-state index contributed by atoms with van der Waals surface area (Å²) in [4.78, 5) is 12.8. The summed E-state index contributed by atoms with van der Waals surface area (Å²) in [6, 6.07) is 15.1. The molecule has 1 amide bonds. The average Bonchev–Trinajstić information content (AvgIpc) is 2.77. The maximum Gasteiger partial charge on any atom is 0.265 e. The highest BCUT2D eigenvalue weighted by atomic mass is 32.2. The second-order valence-electron chi connectivity index (χ2n) is 7.08. The van der Waals surface area contributed by atoms with Crippen LogP contribution >= 0.6 is 0 Å². The number of halogens is 1. The molecule has 9 heteroatoms. The van der Waals surface area contributed by atoms with Crippen molar-refractivity contribution in [2.45, 2.75) is 4.90 Å². The van der Waals surface area contributed by atoms with Gasteiger partial charge in [0.25, 0.3) is 10.0 Å². The summed E-state index contributed by atoms with van der Waals surface area (Å²) in [7, 11) is -4.01. The molecule has 3 aromatic rings. The van der Waals surface area contributed by atoms with Crippen LogP contribution in [0.25, 0.3) is 11.1 Å². The Bertz CT molecular complexity index is 1310. The van der Waals surface area contributed by atoms with Crippen LogP contribution in [-0.4, -0.2) is 34.1 Å². The number of nitrogens with one attached hydrogen (secondary N) is 1. The van der Waals surface area contributed by atoms with Gasteiger partial charge >= 0.3 is 0 Å². The molecule has 0 aromatic heterocycles. The number of rotatable bonds is 3. The summed E-state index contributed by atoms with van der Waals surface area (Å²) < 4.78 is 52.4. The van der Waals surface area contributed by atoms with Crippen molar-refractivity contribution in [3.05, 3.63) is 66.5 Å². The Morgan fingerprint density at radius 2 is 1.74 bits per heavy atom. The Labute approximate surface area is 178 Å². The van der Waals surface area contributed by atoms with Crippen LogP contribution in [0.3, 0.4) is 0 Å². The van der Waals surface area contributed by atoms with Crippen molar-refractivity contribution in [3.8, 4) is 22.6 Å². The molecule has 3 aromatic carbocycles. The highest BCUT2D eigenvalue weighted by Crippen LogP contribution is 2.43. The largest absolute Gasteiger partial charge is 0.486 e. The number of nitrogens with zero attached hydrogens (tertiary/aromatic N) is 1. The smallest absolute Gasteiger partial charge is 0.265 e. The monoisotopic (exact) mass is 440 g/mol. The van der Waals surface area contributed by atoms with Crippen LogP contribution in [0.1, 0.15) is 0 Å². The van der Waals surface area contributed by atoms with E-state index in [4.69, 9.17) is 9.47 Å². The van der Waals surface area contributed by atoms with Crippen LogP contribution in [0.15, 0.2) is 65.6 Å². The molecule has 5 rings (SSSR count). The van der Waals surface area contributed by atoms with E-state index >= 15 is 0 Å². The van der Waals surface area contributed by atoms with Crippen LogP contribution < -0.4 is 19.1 Å². The maximum absolute atomic E-state index is 13.9.